The van der Waals surface area contributed by atoms with Crippen LogP contribution in [0.3, 0.4) is 0 Å². The highest BCUT2D eigenvalue weighted by atomic mass is 32.1. The van der Waals surface area contributed by atoms with Gasteiger partial charge in [0.2, 0.25) is 0 Å². The lowest BCUT2D eigenvalue weighted by Crippen LogP contribution is -1.93. The molecule has 268 valence electrons. The van der Waals surface area contributed by atoms with Crippen LogP contribution in [0.2, 0.25) is 0 Å². The highest BCUT2D eigenvalue weighted by Gasteiger charge is 2.20. The van der Waals surface area contributed by atoms with Gasteiger partial charge in [-0.3, -0.25) is 4.40 Å². The number of fused-ring (bicyclic) bond motifs is 11. The summed E-state index contributed by atoms with van der Waals surface area (Å²) in [5, 5.41) is 19.1. The van der Waals surface area contributed by atoms with E-state index in [-0.39, 0.29) is 0 Å². The average molecular weight is 754 g/mol. The molecule has 9 aromatic carbocycles. The van der Waals surface area contributed by atoms with Crippen LogP contribution in [0.5, 0.6) is 0 Å². The molecule has 0 saturated carbocycles. The Morgan fingerprint density at radius 1 is 0.431 bits per heavy atom. The smallest absolute Gasteiger partial charge is 0.156 e. The number of hydrogen-bond acceptors (Lipinski definition) is 3. The van der Waals surface area contributed by atoms with E-state index in [1.165, 1.54) is 74.7 Å². The van der Waals surface area contributed by atoms with E-state index in [0.29, 0.717) is 5.56 Å². The van der Waals surface area contributed by atoms with Gasteiger partial charge in [-0.25, -0.2) is 4.98 Å². The molecule has 0 radical (unpaired) electrons. The Bertz CT molecular complexity index is 3660. The highest BCUT2D eigenvalue weighted by Crippen LogP contribution is 2.44. The zero-order chi connectivity index (χ0) is 38.3. The molecule has 12 aromatic rings. The Hall–Kier alpha value is -7.58. The van der Waals surface area contributed by atoms with Crippen LogP contribution < -0.4 is 0 Å². The number of benzene rings is 9. The normalized spacial score (nSPS) is 11.8. The first-order chi connectivity index (χ1) is 28.7. The van der Waals surface area contributed by atoms with Crippen LogP contribution in [0, 0.1) is 11.3 Å². The van der Waals surface area contributed by atoms with Gasteiger partial charge in [0.1, 0.15) is 0 Å². The van der Waals surface area contributed by atoms with E-state index in [2.05, 4.69) is 174 Å². The van der Waals surface area contributed by atoms with Gasteiger partial charge in [0, 0.05) is 15.5 Å². The van der Waals surface area contributed by atoms with E-state index in [0.717, 1.165) is 39.1 Å². The molecule has 3 aromatic heterocycles. The molecule has 0 saturated heterocycles. The van der Waals surface area contributed by atoms with Crippen molar-refractivity contribution in [2.75, 3.05) is 0 Å². The predicted octanol–water partition coefficient (Wildman–Crippen LogP) is 14.9. The van der Waals surface area contributed by atoms with Crippen molar-refractivity contribution in [3.63, 3.8) is 0 Å². The van der Waals surface area contributed by atoms with Crippen molar-refractivity contribution in [1.82, 2.24) is 9.38 Å². The van der Waals surface area contributed by atoms with E-state index in [4.69, 9.17) is 4.98 Å². The standard InChI is InChI=1S/C54H31N3S/c55-32-33-13-15-34(16-14-33)35-17-19-37(20-18-35)42-27-28-43(46-12-6-5-11-45(42)46)38-21-23-39(24-22-38)50-31-48-47-26-25-36-7-3-4-10-44(36)52(47)58-53(48)54-56-49-29-40-8-1-2-9-41(40)30-51(49)57(50)54/h1-31H. The second kappa shape index (κ2) is 12.7. The fourth-order valence-corrected chi connectivity index (χ4v) is 10.2. The summed E-state index contributed by atoms with van der Waals surface area (Å²) in [7, 11) is 0. The van der Waals surface area contributed by atoms with Crippen LogP contribution in [-0.2, 0) is 0 Å². The zero-order valence-electron chi connectivity index (χ0n) is 31.1. The van der Waals surface area contributed by atoms with Crippen molar-refractivity contribution in [3.05, 3.63) is 194 Å². The summed E-state index contributed by atoms with van der Waals surface area (Å²) in [5.41, 5.74) is 13.0. The van der Waals surface area contributed by atoms with E-state index in [9.17, 15) is 5.26 Å². The molecule has 0 unspecified atom stereocenters. The summed E-state index contributed by atoms with van der Waals surface area (Å²) in [6.45, 7) is 0. The van der Waals surface area contributed by atoms with Gasteiger partial charge in [0.05, 0.1) is 33.1 Å². The van der Waals surface area contributed by atoms with Crippen molar-refractivity contribution in [1.29, 1.82) is 5.26 Å². The Balaban J connectivity index is 0.996. The van der Waals surface area contributed by atoms with Crippen LogP contribution >= 0.6 is 11.3 Å². The second-order valence-corrected chi connectivity index (χ2v) is 16.1. The lowest BCUT2D eigenvalue weighted by Gasteiger charge is -2.14. The molecule has 0 spiro atoms. The molecule has 4 heteroatoms. The highest BCUT2D eigenvalue weighted by molar-refractivity contribution is 7.27. The number of hydrogen-bond donors (Lipinski definition) is 0. The van der Waals surface area contributed by atoms with Gasteiger partial charge in [0.25, 0.3) is 0 Å². The van der Waals surface area contributed by atoms with Gasteiger partial charge in [-0.05, 0) is 102 Å². The Morgan fingerprint density at radius 3 is 1.64 bits per heavy atom. The largest absolute Gasteiger partial charge is 0.291 e. The molecule has 0 bridgehead atoms. The summed E-state index contributed by atoms with van der Waals surface area (Å²) in [6.07, 6.45) is 0. The average Bonchev–Trinajstić information content (AvgIpc) is 3.86. The summed E-state index contributed by atoms with van der Waals surface area (Å²) in [4.78, 5) is 5.38. The topological polar surface area (TPSA) is 41.1 Å². The zero-order valence-corrected chi connectivity index (χ0v) is 32.0. The molecule has 0 aliphatic rings. The summed E-state index contributed by atoms with van der Waals surface area (Å²) in [5.74, 6) is 0. The third kappa shape index (κ3) is 5.01. The number of thiophene rings is 1. The fraction of sp³-hybridized carbons (Fsp3) is 0. The summed E-state index contributed by atoms with van der Waals surface area (Å²) in [6, 6.07) is 69.7. The third-order valence-corrected chi connectivity index (χ3v) is 13.1. The Labute approximate surface area is 337 Å². The van der Waals surface area contributed by atoms with Gasteiger partial charge in [-0.1, -0.05) is 158 Å². The van der Waals surface area contributed by atoms with Crippen LogP contribution in [0.15, 0.2) is 188 Å². The first kappa shape index (κ1) is 32.6. The summed E-state index contributed by atoms with van der Waals surface area (Å²) < 4.78 is 4.90. The molecule has 3 heterocycles. The van der Waals surface area contributed by atoms with Gasteiger partial charge < -0.3 is 0 Å². The van der Waals surface area contributed by atoms with Gasteiger partial charge >= 0.3 is 0 Å². The van der Waals surface area contributed by atoms with Crippen LogP contribution in [0.25, 0.3) is 114 Å². The minimum absolute atomic E-state index is 0.669. The van der Waals surface area contributed by atoms with Crippen molar-refractivity contribution < 1.29 is 0 Å². The number of aromatic nitrogens is 2. The quantitative estimate of drug-likeness (QED) is 0.180. The van der Waals surface area contributed by atoms with Crippen molar-refractivity contribution >= 4 is 80.5 Å². The minimum atomic E-state index is 0.669. The molecular formula is C54H31N3S. The number of nitrogens with zero attached hydrogens (tertiary/aromatic N) is 3. The second-order valence-electron chi connectivity index (χ2n) is 15.0. The lowest BCUT2D eigenvalue weighted by molar-refractivity contribution is 1.25. The predicted molar refractivity (Wildman–Crippen MR) is 245 cm³/mol. The Morgan fingerprint density at radius 2 is 0.983 bits per heavy atom. The van der Waals surface area contributed by atoms with Crippen LogP contribution in [-0.4, -0.2) is 9.38 Å². The first-order valence-corrected chi connectivity index (χ1v) is 20.3. The van der Waals surface area contributed by atoms with Gasteiger partial charge in [-0.2, -0.15) is 5.26 Å². The molecule has 0 aliphatic heterocycles. The molecule has 0 aliphatic carbocycles. The lowest BCUT2D eigenvalue weighted by atomic mass is 9.91. The van der Waals surface area contributed by atoms with Crippen molar-refractivity contribution in [2.45, 2.75) is 0 Å². The van der Waals surface area contributed by atoms with Crippen LogP contribution in [0.1, 0.15) is 5.56 Å². The first-order valence-electron chi connectivity index (χ1n) is 19.5. The molecule has 0 amide bonds. The SMILES string of the molecule is N#Cc1ccc(-c2ccc(-c3ccc(-c4ccc(-c5cc6c7ccc8ccccc8c7sc6c6nc7cc8ccccc8cc7n56)cc4)c4ccccc34)cc2)cc1. The third-order valence-electron chi connectivity index (χ3n) is 11.8. The maximum atomic E-state index is 9.21. The molecule has 0 fully saturated rings. The molecule has 58 heavy (non-hydrogen) atoms. The molecule has 12 rings (SSSR count). The number of imidazole rings is 1. The molecule has 0 atom stereocenters. The fourth-order valence-electron chi connectivity index (χ4n) is 8.93. The van der Waals surface area contributed by atoms with E-state index in [1.54, 1.807) is 0 Å². The van der Waals surface area contributed by atoms with E-state index >= 15 is 0 Å². The number of pyridine rings is 1. The van der Waals surface area contributed by atoms with Gasteiger partial charge in [0.15, 0.2) is 5.65 Å². The number of nitriles is 1. The molecular weight excluding hydrogens is 723 g/mol. The Kier molecular flexibility index (Phi) is 7.16. The maximum Gasteiger partial charge on any atom is 0.156 e. The van der Waals surface area contributed by atoms with E-state index in [1.807, 2.05) is 35.6 Å². The minimum Gasteiger partial charge on any atom is -0.291 e. The summed E-state index contributed by atoms with van der Waals surface area (Å²) >= 11 is 1.85. The number of rotatable bonds is 4. The maximum absolute atomic E-state index is 9.21. The van der Waals surface area contributed by atoms with Crippen molar-refractivity contribution in [3.8, 4) is 50.7 Å². The van der Waals surface area contributed by atoms with E-state index < -0.39 is 0 Å². The van der Waals surface area contributed by atoms with Crippen LogP contribution in [0.4, 0.5) is 0 Å². The monoisotopic (exact) mass is 753 g/mol. The van der Waals surface area contributed by atoms with Gasteiger partial charge in [-0.15, -0.1) is 11.3 Å². The molecule has 3 nitrogen and oxygen atoms in total. The van der Waals surface area contributed by atoms with Crippen molar-refractivity contribution in [2.24, 2.45) is 0 Å². The molecule has 0 N–H and O–H groups in total.